The van der Waals surface area contributed by atoms with E-state index in [-0.39, 0.29) is 0 Å². The lowest BCUT2D eigenvalue weighted by Gasteiger charge is -1.85. The molecule has 0 unspecified atom stereocenters. The van der Waals surface area contributed by atoms with Crippen molar-refractivity contribution in [1.82, 2.24) is 0 Å². The summed E-state index contributed by atoms with van der Waals surface area (Å²) in [6, 6.07) is 0. The number of hydrogen-bond acceptors (Lipinski definition) is 0. The van der Waals surface area contributed by atoms with Gasteiger partial charge in [-0.2, -0.15) is 0 Å². The Labute approximate surface area is 26.8 Å². The molecule has 0 nitrogen and oxygen atoms in total. The Morgan fingerprint density at radius 1 is 1.25 bits per heavy atom. The van der Waals surface area contributed by atoms with E-state index in [9.17, 15) is 0 Å². The van der Waals surface area contributed by atoms with Crippen molar-refractivity contribution in [2.45, 2.75) is 19.3 Å². The lowest BCUT2D eigenvalue weighted by atomic mass is 10.0. The van der Waals surface area contributed by atoms with Gasteiger partial charge in [0.2, 0.25) is 0 Å². The lowest BCUT2D eigenvalue weighted by Crippen LogP contribution is -1.87. The van der Waals surface area contributed by atoms with Crippen LogP contribution in [-0.4, -0.2) is 0 Å². The molecule has 0 aliphatic heterocycles. The summed E-state index contributed by atoms with van der Waals surface area (Å²) in [5.41, 5.74) is 0. The first-order valence-electron chi connectivity index (χ1n) is 1.71. The zero-order valence-corrected chi connectivity index (χ0v) is 2.62. The van der Waals surface area contributed by atoms with Gasteiger partial charge in [0.05, 0.1) is 0 Å². The molecule has 0 bridgehead atoms. The van der Waals surface area contributed by atoms with Gasteiger partial charge in [-0.1, -0.05) is 0 Å². The highest BCUT2D eigenvalue weighted by molar-refractivity contribution is 4.74. The Bertz CT molecular complexity index is 8.00. The van der Waals surface area contributed by atoms with Crippen LogP contribution in [0, 0.1) is 6.42 Å². The first kappa shape index (κ1) is 2.13. The fraction of sp³-hybridized carbons (Fsp3) is 0.750. The van der Waals surface area contributed by atoms with Crippen molar-refractivity contribution in [3.63, 3.8) is 0 Å². The topological polar surface area (TPSA) is 0 Å². The molecule has 1 aliphatic carbocycles. The molecule has 0 spiro atoms. The fourth-order valence-corrected chi connectivity index (χ4v) is 0.177. The predicted molar refractivity (Wildman–Crippen MR) is 17.1 cm³/mol. The fourth-order valence-electron chi connectivity index (χ4n) is 0.177. The van der Waals surface area contributed by atoms with Gasteiger partial charge in [-0.05, 0) is 0 Å². The Morgan fingerprint density at radius 2 is 1.50 bits per heavy atom. The molecule has 4 heavy (non-hydrogen) atoms. The zero-order valence-electron chi connectivity index (χ0n) is 2.62. The molecular formula is C4H6+. The van der Waals surface area contributed by atoms with E-state index in [4.69, 9.17) is 0 Å². The van der Waals surface area contributed by atoms with Crippen LogP contribution < -0.4 is 0 Å². The van der Waals surface area contributed by atoms with E-state index in [1.165, 1.54) is 19.3 Å². The van der Waals surface area contributed by atoms with E-state index >= 15 is 0 Å². The standard InChI is InChI=1S/C4H6/c1-2-4-3-1/h1-3H2/q+1. The summed E-state index contributed by atoms with van der Waals surface area (Å²) in [5.74, 6) is 0. The summed E-state index contributed by atoms with van der Waals surface area (Å²) in [4.78, 5) is 0. The molecule has 1 aliphatic rings. The minimum Gasteiger partial charge on any atom is 0.0376 e. The van der Waals surface area contributed by atoms with Crippen LogP contribution >= 0.6 is 0 Å². The Balaban J connectivity index is 2.00. The maximum Gasteiger partial charge on any atom is 0.272 e. The molecule has 0 saturated heterocycles. The largest absolute Gasteiger partial charge is 0.272 e. The lowest BCUT2D eigenvalue weighted by molar-refractivity contribution is 0.652. The summed E-state index contributed by atoms with van der Waals surface area (Å²) < 4.78 is 0. The molecule has 0 aromatic heterocycles. The maximum atomic E-state index is 3.11. The molecule has 0 amide bonds. The average Bonchev–Trinajstić information content (AvgIpc) is 0.722. The number of hydrogen-bond donors (Lipinski definition) is 0. The van der Waals surface area contributed by atoms with Crippen molar-refractivity contribution in [2.24, 2.45) is 0 Å². The van der Waals surface area contributed by atoms with Gasteiger partial charge in [-0.25, -0.2) is 0 Å². The van der Waals surface area contributed by atoms with Crippen LogP contribution in [0.2, 0.25) is 0 Å². The minimum atomic E-state index is 1.25. The summed E-state index contributed by atoms with van der Waals surface area (Å²) in [6.45, 7) is 0. The Hall–Kier alpha value is -0.130. The second-order valence-electron chi connectivity index (χ2n) is 1.10. The van der Waals surface area contributed by atoms with Gasteiger partial charge >= 0.3 is 0 Å². The highest BCUT2D eigenvalue weighted by Gasteiger charge is 2.15. The van der Waals surface area contributed by atoms with E-state index in [1.807, 2.05) is 0 Å². The molecule has 0 N–H and O–H groups in total. The van der Waals surface area contributed by atoms with Gasteiger partial charge in [0.15, 0.2) is 0 Å². The third-order valence-electron chi connectivity index (χ3n) is 0.707. The maximum absolute atomic E-state index is 3.11. The van der Waals surface area contributed by atoms with Gasteiger partial charge in [0.1, 0.15) is 12.8 Å². The Morgan fingerprint density at radius 3 is 1.50 bits per heavy atom. The molecule has 0 aromatic rings. The molecule has 0 heteroatoms. The molecule has 21 valence electrons. The van der Waals surface area contributed by atoms with E-state index in [1.54, 1.807) is 0 Å². The normalized spacial score (nSPS) is 22.0. The predicted octanol–water partition coefficient (Wildman–Crippen LogP) is 1.25. The van der Waals surface area contributed by atoms with E-state index in [0.29, 0.717) is 0 Å². The van der Waals surface area contributed by atoms with E-state index in [2.05, 4.69) is 6.42 Å². The molecule has 1 rings (SSSR count). The summed E-state index contributed by atoms with van der Waals surface area (Å²) in [7, 11) is 0. The summed E-state index contributed by atoms with van der Waals surface area (Å²) >= 11 is 0. The molecule has 0 aromatic carbocycles. The first-order chi connectivity index (χ1) is 2.00. The van der Waals surface area contributed by atoms with Crippen LogP contribution in [0.25, 0.3) is 0 Å². The van der Waals surface area contributed by atoms with Crippen LogP contribution in [0.3, 0.4) is 0 Å². The van der Waals surface area contributed by atoms with Crippen molar-refractivity contribution >= 4 is 0 Å². The molecule has 0 atom stereocenters. The summed E-state index contributed by atoms with van der Waals surface area (Å²) in [6.07, 6.45) is 7.00. The average molecular weight is 54.1 g/mol. The van der Waals surface area contributed by atoms with Crippen molar-refractivity contribution in [2.75, 3.05) is 0 Å². The Kier molecular flexibility index (Phi) is 0.357. The van der Waals surface area contributed by atoms with E-state index in [0.717, 1.165) is 0 Å². The van der Waals surface area contributed by atoms with Gasteiger partial charge < -0.3 is 0 Å². The van der Waals surface area contributed by atoms with Gasteiger partial charge in [0, 0.05) is 6.42 Å². The van der Waals surface area contributed by atoms with Crippen molar-refractivity contribution in [3.05, 3.63) is 6.42 Å². The summed E-state index contributed by atoms with van der Waals surface area (Å²) in [5, 5.41) is 0. The molecule has 1 saturated carbocycles. The minimum absolute atomic E-state index is 1.25. The second kappa shape index (κ2) is 0.670. The smallest absolute Gasteiger partial charge is 0.0376 e. The van der Waals surface area contributed by atoms with Crippen molar-refractivity contribution < 1.29 is 0 Å². The number of rotatable bonds is 0. The molecule has 1 fully saturated rings. The third-order valence-corrected chi connectivity index (χ3v) is 0.707. The third kappa shape index (κ3) is 0.0945. The van der Waals surface area contributed by atoms with Crippen LogP contribution in [-0.2, 0) is 0 Å². The second-order valence-corrected chi connectivity index (χ2v) is 1.10. The van der Waals surface area contributed by atoms with Gasteiger partial charge in [-0.3, -0.25) is 0 Å². The van der Waals surface area contributed by atoms with Gasteiger partial charge in [0.25, 0.3) is 6.42 Å². The van der Waals surface area contributed by atoms with E-state index < -0.39 is 0 Å². The van der Waals surface area contributed by atoms with Crippen molar-refractivity contribution in [1.29, 1.82) is 0 Å². The van der Waals surface area contributed by atoms with Crippen LogP contribution in [0.15, 0.2) is 0 Å². The SMILES string of the molecule is [C+]1CCC1. The quantitative estimate of drug-likeness (QED) is 0.365. The monoisotopic (exact) mass is 54.0 g/mol. The first-order valence-corrected chi connectivity index (χ1v) is 1.71. The van der Waals surface area contributed by atoms with Crippen molar-refractivity contribution in [3.8, 4) is 0 Å². The highest BCUT2D eigenvalue weighted by atomic mass is 14.0. The van der Waals surface area contributed by atoms with Crippen LogP contribution in [0.4, 0.5) is 0 Å². The molecule has 1 radical (unpaired) electrons. The van der Waals surface area contributed by atoms with Crippen LogP contribution in [0.1, 0.15) is 19.3 Å². The highest BCUT2D eigenvalue weighted by Crippen LogP contribution is 2.13. The van der Waals surface area contributed by atoms with Crippen LogP contribution in [0.5, 0.6) is 0 Å². The zero-order chi connectivity index (χ0) is 2.83. The van der Waals surface area contributed by atoms with Gasteiger partial charge in [-0.15, -0.1) is 0 Å². The molecular weight excluding hydrogens is 48.0 g/mol. The molecule has 0 heterocycles.